The summed E-state index contributed by atoms with van der Waals surface area (Å²) in [4.78, 5) is 12.1. The van der Waals surface area contributed by atoms with Gasteiger partial charge in [0.1, 0.15) is 11.5 Å². The first-order valence-electron chi connectivity index (χ1n) is 7.22. The van der Waals surface area contributed by atoms with Crippen molar-refractivity contribution in [2.75, 3.05) is 5.32 Å². The quantitative estimate of drug-likeness (QED) is 0.732. The zero-order chi connectivity index (χ0) is 16.9. The standard InChI is InChI=1S/C19H13F2NO2/c20-17-11-5-10-16(18(17)21)19(23)22-13-6-4-9-15(12-13)24-14-7-2-1-3-8-14/h1-12H,(H,22,23). The molecule has 0 spiro atoms. The lowest BCUT2D eigenvalue weighted by atomic mass is 10.2. The van der Waals surface area contributed by atoms with E-state index in [1.807, 2.05) is 18.2 Å². The monoisotopic (exact) mass is 325 g/mol. The van der Waals surface area contributed by atoms with E-state index in [1.54, 1.807) is 36.4 Å². The van der Waals surface area contributed by atoms with E-state index in [4.69, 9.17) is 4.74 Å². The average Bonchev–Trinajstić information content (AvgIpc) is 2.58. The number of carbonyl (C=O) groups is 1. The SMILES string of the molecule is O=C(Nc1cccc(Oc2ccccc2)c1)c1cccc(F)c1F. The van der Waals surface area contributed by atoms with E-state index >= 15 is 0 Å². The highest BCUT2D eigenvalue weighted by Crippen LogP contribution is 2.24. The summed E-state index contributed by atoms with van der Waals surface area (Å²) in [6.45, 7) is 0. The molecule has 0 bridgehead atoms. The molecule has 3 aromatic rings. The molecule has 24 heavy (non-hydrogen) atoms. The van der Waals surface area contributed by atoms with Gasteiger partial charge in [-0.15, -0.1) is 0 Å². The highest BCUT2D eigenvalue weighted by atomic mass is 19.2. The summed E-state index contributed by atoms with van der Waals surface area (Å²) in [7, 11) is 0. The number of carbonyl (C=O) groups excluding carboxylic acids is 1. The van der Waals surface area contributed by atoms with Gasteiger partial charge in [0.2, 0.25) is 0 Å². The summed E-state index contributed by atoms with van der Waals surface area (Å²) in [6, 6.07) is 19.3. The molecule has 0 saturated carbocycles. The molecule has 0 heterocycles. The molecule has 1 N–H and O–H groups in total. The molecule has 0 fully saturated rings. The minimum absolute atomic E-state index is 0.357. The molecule has 0 unspecified atom stereocenters. The number of nitrogens with one attached hydrogen (secondary N) is 1. The molecule has 0 atom stereocenters. The van der Waals surface area contributed by atoms with E-state index in [-0.39, 0.29) is 5.56 Å². The van der Waals surface area contributed by atoms with Crippen LogP contribution in [0.15, 0.2) is 72.8 Å². The minimum Gasteiger partial charge on any atom is -0.457 e. The van der Waals surface area contributed by atoms with E-state index in [0.29, 0.717) is 17.2 Å². The van der Waals surface area contributed by atoms with Crippen molar-refractivity contribution >= 4 is 11.6 Å². The van der Waals surface area contributed by atoms with E-state index in [1.165, 1.54) is 12.1 Å². The molecule has 120 valence electrons. The van der Waals surface area contributed by atoms with Crippen molar-refractivity contribution in [2.45, 2.75) is 0 Å². The third-order valence-electron chi connectivity index (χ3n) is 3.27. The van der Waals surface area contributed by atoms with E-state index in [2.05, 4.69) is 5.32 Å². The largest absolute Gasteiger partial charge is 0.457 e. The van der Waals surface area contributed by atoms with E-state index in [0.717, 1.165) is 6.07 Å². The summed E-state index contributed by atoms with van der Waals surface area (Å²) in [5, 5.41) is 2.53. The molecule has 1 amide bonds. The van der Waals surface area contributed by atoms with Gasteiger partial charge in [-0.25, -0.2) is 8.78 Å². The third kappa shape index (κ3) is 3.57. The Balaban J connectivity index is 1.77. The molecule has 0 aromatic heterocycles. The summed E-state index contributed by atoms with van der Waals surface area (Å²) < 4.78 is 32.5. The normalized spacial score (nSPS) is 10.2. The smallest absolute Gasteiger partial charge is 0.258 e. The van der Waals surface area contributed by atoms with Gasteiger partial charge in [0.05, 0.1) is 5.56 Å². The Bertz CT molecular complexity index is 866. The van der Waals surface area contributed by atoms with Crippen molar-refractivity contribution in [3.8, 4) is 11.5 Å². The molecule has 3 nitrogen and oxygen atoms in total. The van der Waals surface area contributed by atoms with Crippen LogP contribution in [-0.4, -0.2) is 5.91 Å². The Kier molecular flexibility index (Phi) is 4.52. The van der Waals surface area contributed by atoms with Crippen LogP contribution in [0.25, 0.3) is 0 Å². The predicted octanol–water partition coefficient (Wildman–Crippen LogP) is 5.01. The molecule has 0 aliphatic heterocycles. The van der Waals surface area contributed by atoms with Crippen LogP contribution in [0, 0.1) is 11.6 Å². The summed E-state index contributed by atoms with van der Waals surface area (Å²) in [5.41, 5.74) is 0.0569. The van der Waals surface area contributed by atoms with E-state index in [9.17, 15) is 13.6 Å². The van der Waals surface area contributed by atoms with Crippen LogP contribution in [0.3, 0.4) is 0 Å². The molecule has 3 rings (SSSR count). The number of rotatable bonds is 4. The lowest BCUT2D eigenvalue weighted by Crippen LogP contribution is -2.14. The average molecular weight is 325 g/mol. The number of para-hydroxylation sites is 1. The van der Waals surface area contributed by atoms with Crippen LogP contribution in [0.2, 0.25) is 0 Å². The van der Waals surface area contributed by atoms with Crippen molar-refractivity contribution < 1.29 is 18.3 Å². The van der Waals surface area contributed by atoms with Crippen LogP contribution in [-0.2, 0) is 0 Å². The molecule has 3 aromatic carbocycles. The molecular weight excluding hydrogens is 312 g/mol. The van der Waals surface area contributed by atoms with Crippen LogP contribution in [0.4, 0.5) is 14.5 Å². The van der Waals surface area contributed by atoms with Gasteiger partial charge in [-0.05, 0) is 36.4 Å². The second-order valence-corrected chi connectivity index (χ2v) is 5.00. The second-order valence-electron chi connectivity index (χ2n) is 5.00. The Morgan fingerprint density at radius 3 is 2.33 bits per heavy atom. The number of benzene rings is 3. The van der Waals surface area contributed by atoms with E-state index < -0.39 is 17.5 Å². The summed E-state index contributed by atoms with van der Waals surface area (Å²) in [5.74, 6) is -1.81. The zero-order valence-corrected chi connectivity index (χ0v) is 12.5. The Morgan fingerprint density at radius 2 is 1.54 bits per heavy atom. The van der Waals surface area contributed by atoms with Gasteiger partial charge in [-0.2, -0.15) is 0 Å². The first-order valence-corrected chi connectivity index (χ1v) is 7.22. The van der Waals surface area contributed by atoms with Crippen LogP contribution >= 0.6 is 0 Å². The van der Waals surface area contributed by atoms with Crippen molar-refractivity contribution in [2.24, 2.45) is 0 Å². The number of halogens is 2. The molecule has 0 aliphatic rings. The fourth-order valence-corrected chi connectivity index (χ4v) is 2.14. The van der Waals surface area contributed by atoms with Gasteiger partial charge in [-0.3, -0.25) is 4.79 Å². The lowest BCUT2D eigenvalue weighted by molar-refractivity contribution is 0.102. The fourth-order valence-electron chi connectivity index (χ4n) is 2.14. The molecule has 0 aliphatic carbocycles. The van der Waals surface area contributed by atoms with Crippen molar-refractivity contribution in [1.82, 2.24) is 0 Å². The van der Waals surface area contributed by atoms with Gasteiger partial charge < -0.3 is 10.1 Å². The van der Waals surface area contributed by atoms with Gasteiger partial charge in [-0.1, -0.05) is 30.3 Å². The maximum absolute atomic E-state index is 13.7. The lowest BCUT2D eigenvalue weighted by Gasteiger charge is -2.09. The zero-order valence-electron chi connectivity index (χ0n) is 12.5. The number of hydrogen-bond donors (Lipinski definition) is 1. The Morgan fingerprint density at radius 1 is 0.833 bits per heavy atom. The maximum Gasteiger partial charge on any atom is 0.258 e. The second kappa shape index (κ2) is 6.91. The van der Waals surface area contributed by atoms with Crippen molar-refractivity contribution in [3.05, 3.63) is 90.0 Å². The topological polar surface area (TPSA) is 38.3 Å². The van der Waals surface area contributed by atoms with Crippen LogP contribution in [0.5, 0.6) is 11.5 Å². The van der Waals surface area contributed by atoms with Gasteiger partial charge in [0.15, 0.2) is 11.6 Å². The predicted molar refractivity (Wildman–Crippen MR) is 87.3 cm³/mol. The van der Waals surface area contributed by atoms with Gasteiger partial charge >= 0.3 is 0 Å². The number of ether oxygens (including phenoxy) is 1. The minimum atomic E-state index is -1.17. The van der Waals surface area contributed by atoms with Gasteiger partial charge in [0, 0.05) is 11.8 Å². The number of amides is 1. The van der Waals surface area contributed by atoms with Crippen molar-refractivity contribution in [3.63, 3.8) is 0 Å². The molecular formula is C19H13F2NO2. The third-order valence-corrected chi connectivity index (χ3v) is 3.27. The highest BCUT2D eigenvalue weighted by Gasteiger charge is 2.15. The van der Waals surface area contributed by atoms with Gasteiger partial charge in [0.25, 0.3) is 5.91 Å². The molecule has 5 heteroatoms. The Labute approximate surface area is 137 Å². The highest BCUT2D eigenvalue weighted by molar-refractivity contribution is 6.04. The molecule has 0 radical (unpaired) electrons. The number of anilines is 1. The number of hydrogen-bond acceptors (Lipinski definition) is 2. The summed E-state index contributed by atoms with van der Waals surface area (Å²) >= 11 is 0. The summed E-state index contributed by atoms with van der Waals surface area (Å²) in [6.07, 6.45) is 0. The first kappa shape index (κ1) is 15.7. The fraction of sp³-hybridized carbons (Fsp3) is 0. The Hall–Kier alpha value is -3.21. The molecule has 0 saturated heterocycles. The van der Waals surface area contributed by atoms with Crippen LogP contribution in [0.1, 0.15) is 10.4 Å². The van der Waals surface area contributed by atoms with Crippen LogP contribution < -0.4 is 10.1 Å². The maximum atomic E-state index is 13.7. The van der Waals surface area contributed by atoms with Crippen molar-refractivity contribution in [1.29, 1.82) is 0 Å². The first-order chi connectivity index (χ1) is 11.6.